The third-order valence-electron chi connectivity index (χ3n) is 6.90. The smallest absolute Gasteiger partial charge is 0.231 e. The van der Waals surface area contributed by atoms with E-state index in [-0.39, 0.29) is 18.9 Å². The Balaban J connectivity index is 1.67. The number of fused-ring (bicyclic) bond motifs is 1. The molecular weight excluding hydrogens is 489 g/mol. The van der Waals surface area contributed by atoms with Crippen molar-refractivity contribution in [2.24, 2.45) is 0 Å². The Kier molecular flexibility index (Phi) is 8.07. The van der Waals surface area contributed by atoms with E-state index in [2.05, 4.69) is 0 Å². The highest BCUT2D eigenvalue weighted by molar-refractivity contribution is 6.05. The molecule has 0 N–H and O–H groups in total. The zero-order chi connectivity index (χ0) is 27.2. The molecule has 0 atom stereocenters. The van der Waals surface area contributed by atoms with Gasteiger partial charge >= 0.3 is 0 Å². The van der Waals surface area contributed by atoms with Gasteiger partial charge in [-0.2, -0.15) is 0 Å². The highest BCUT2D eigenvalue weighted by Crippen LogP contribution is 2.47. The number of benzene rings is 4. The Hall–Kier alpha value is -4.38. The average Bonchev–Trinajstić information content (AvgIpc) is 3.27. The molecule has 1 heterocycles. The lowest BCUT2D eigenvalue weighted by Gasteiger charge is -2.22. The van der Waals surface area contributed by atoms with Gasteiger partial charge in [0.1, 0.15) is 31.4 Å². The molecule has 0 aromatic heterocycles. The van der Waals surface area contributed by atoms with Gasteiger partial charge in [0.25, 0.3) is 0 Å². The number of carbonyl (C=O) groups is 1. The topological polar surface area (TPSA) is 38.8 Å². The van der Waals surface area contributed by atoms with Crippen LogP contribution in [0, 0.1) is 6.92 Å². The van der Waals surface area contributed by atoms with Crippen LogP contribution in [0.3, 0.4) is 0 Å². The highest BCUT2D eigenvalue weighted by Gasteiger charge is 2.32. The normalized spacial score (nSPS) is 12.7. The minimum atomic E-state index is -0.594. The van der Waals surface area contributed by atoms with Crippen molar-refractivity contribution in [3.8, 4) is 22.6 Å². The summed E-state index contributed by atoms with van der Waals surface area (Å²) in [7, 11) is 0. The number of hydrogen-bond donors (Lipinski definition) is 0. The highest BCUT2D eigenvalue weighted by atomic mass is 19.1. The molecule has 4 aromatic carbocycles. The van der Waals surface area contributed by atoms with E-state index < -0.39 is 6.67 Å². The second kappa shape index (κ2) is 12.0. The molecule has 5 rings (SSSR count). The van der Waals surface area contributed by atoms with E-state index in [4.69, 9.17) is 9.47 Å². The van der Waals surface area contributed by atoms with Crippen molar-refractivity contribution >= 4 is 17.7 Å². The van der Waals surface area contributed by atoms with Crippen molar-refractivity contribution < 1.29 is 18.7 Å². The monoisotopic (exact) mass is 521 g/mol. The number of hydrogen-bond acceptors (Lipinski definition) is 3. The summed E-state index contributed by atoms with van der Waals surface area (Å²) < 4.78 is 26.3. The fourth-order valence-corrected chi connectivity index (χ4v) is 5.09. The molecule has 1 aliphatic rings. The third kappa shape index (κ3) is 5.73. The van der Waals surface area contributed by atoms with Crippen LogP contribution >= 0.6 is 0 Å². The number of halogens is 1. The quantitative estimate of drug-likeness (QED) is 0.215. The Bertz CT molecular complexity index is 1420. The van der Waals surface area contributed by atoms with Crippen LogP contribution in [0.25, 0.3) is 17.2 Å². The summed E-state index contributed by atoms with van der Waals surface area (Å²) in [5, 5.41) is 0. The molecule has 5 heteroatoms. The van der Waals surface area contributed by atoms with Crippen molar-refractivity contribution in [3.63, 3.8) is 0 Å². The van der Waals surface area contributed by atoms with Crippen molar-refractivity contribution in [3.05, 3.63) is 119 Å². The van der Waals surface area contributed by atoms with Gasteiger partial charge in [0.15, 0.2) is 0 Å². The number of nitrogens with zero attached hydrogens (tertiary/aromatic N) is 1. The van der Waals surface area contributed by atoms with Gasteiger partial charge in [-0.15, -0.1) is 0 Å². The molecule has 4 aromatic rings. The van der Waals surface area contributed by atoms with Gasteiger partial charge in [0, 0.05) is 5.69 Å². The molecule has 1 aliphatic heterocycles. The number of ether oxygens (including phenoxy) is 2. The van der Waals surface area contributed by atoms with Crippen LogP contribution in [-0.4, -0.2) is 19.1 Å². The summed E-state index contributed by atoms with van der Waals surface area (Å²) in [4.78, 5) is 14.5. The predicted molar refractivity (Wildman–Crippen MR) is 155 cm³/mol. The molecule has 0 saturated heterocycles. The minimum Gasteiger partial charge on any atom is -0.488 e. The molecule has 0 radical (unpaired) electrons. The Morgan fingerprint density at radius 3 is 1.97 bits per heavy atom. The van der Waals surface area contributed by atoms with Crippen LogP contribution in [-0.2, 0) is 24.4 Å². The van der Waals surface area contributed by atoms with Crippen LogP contribution < -0.4 is 14.4 Å². The fourth-order valence-electron chi connectivity index (χ4n) is 5.09. The van der Waals surface area contributed by atoms with E-state index in [9.17, 15) is 9.18 Å². The Labute approximate surface area is 229 Å². The SMILES string of the molecule is CC=Cc1cc(OCc2ccccc2)c(-c2c(C)ccc3c2CC(=O)N3CCF)c(OCc2ccccc2)c1. The summed E-state index contributed by atoms with van der Waals surface area (Å²) >= 11 is 0. The number of anilines is 1. The molecule has 198 valence electrons. The lowest BCUT2D eigenvalue weighted by molar-refractivity contribution is -0.117. The van der Waals surface area contributed by atoms with Gasteiger partial charge in [-0.1, -0.05) is 78.9 Å². The number of aryl methyl sites for hydroxylation is 1. The van der Waals surface area contributed by atoms with E-state index in [0.717, 1.165) is 44.6 Å². The molecule has 0 aliphatic carbocycles. The molecule has 4 nitrogen and oxygen atoms in total. The van der Waals surface area contributed by atoms with Crippen LogP contribution in [0.1, 0.15) is 34.7 Å². The Morgan fingerprint density at radius 2 is 1.44 bits per heavy atom. The van der Waals surface area contributed by atoms with E-state index >= 15 is 0 Å². The average molecular weight is 522 g/mol. The van der Waals surface area contributed by atoms with E-state index in [0.29, 0.717) is 24.7 Å². The van der Waals surface area contributed by atoms with Crippen molar-refractivity contribution in [2.75, 3.05) is 18.1 Å². The molecule has 0 bridgehead atoms. The second-order valence-corrected chi connectivity index (χ2v) is 9.61. The first-order valence-electron chi connectivity index (χ1n) is 13.2. The maximum atomic E-state index is 13.3. The standard InChI is InChI=1S/C34H32FNO3/c1-3-10-27-19-30(38-22-25-11-6-4-7-12-25)34(31(20-27)39-23-26-13-8-5-9-14-26)33-24(2)15-16-29-28(33)21-32(37)36(29)18-17-35/h3-16,19-20H,17-18,21-23H2,1-2H3. The lowest BCUT2D eigenvalue weighted by atomic mass is 9.91. The van der Waals surface area contributed by atoms with Crippen molar-refractivity contribution in [1.29, 1.82) is 0 Å². The third-order valence-corrected chi connectivity index (χ3v) is 6.90. The molecule has 0 saturated carbocycles. The van der Waals surface area contributed by atoms with Crippen LogP contribution in [0.15, 0.2) is 91.0 Å². The number of amides is 1. The lowest BCUT2D eigenvalue weighted by Crippen LogP contribution is -2.28. The summed E-state index contributed by atoms with van der Waals surface area (Å²) in [5.74, 6) is 1.24. The van der Waals surface area contributed by atoms with Crippen LogP contribution in [0.5, 0.6) is 11.5 Å². The summed E-state index contributed by atoms with van der Waals surface area (Å²) in [6.45, 7) is 4.22. The molecule has 0 unspecified atom stereocenters. The van der Waals surface area contributed by atoms with E-state index in [1.54, 1.807) is 4.90 Å². The number of alkyl halides is 1. The van der Waals surface area contributed by atoms with Crippen LogP contribution in [0.2, 0.25) is 0 Å². The zero-order valence-corrected chi connectivity index (χ0v) is 22.3. The van der Waals surface area contributed by atoms with Gasteiger partial charge < -0.3 is 14.4 Å². The zero-order valence-electron chi connectivity index (χ0n) is 22.3. The molecule has 1 amide bonds. The van der Waals surface area contributed by atoms with Gasteiger partial charge in [0.05, 0.1) is 18.5 Å². The van der Waals surface area contributed by atoms with Gasteiger partial charge in [-0.05, 0) is 65.4 Å². The molecule has 0 spiro atoms. The number of rotatable bonds is 10. The Morgan fingerprint density at radius 1 is 0.846 bits per heavy atom. The second-order valence-electron chi connectivity index (χ2n) is 9.61. The number of allylic oxidation sites excluding steroid dienone is 1. The summed E-state index contributed by atoms with van der Waals surface area (Å²) in [6, 6.07) is 28.0. The van der Waals surface area contributed by atoms with Gasteiger partial charge in [-0.25, -0.2) is 4.39 Å². The summed E-state index contributed by atoms with van der Waals surface area (Å²) in [6.07, 6.45) is 4.21. The molecule has 0 fully saturated rings. The largest absolute Gasteiger partial charge is 0.488 e. The maximum absolute atomic E-state index is 13.3. The first-order valence-corrected chi connectivity index (χ1v) is 13.2. The summed E-state index contributed by atoms with van der Waals surface area (Å²) in [5.41, 5.74) is 7.38. The maximum Gasteiger partial charge on any atom is 0.231 e. The first-order chi connectivity index (χ1) is 19.1. The van der Waals surface area contributed by atoms with Crippen molar-refractivity contribution in [2.45, 2.75) is 33.5 Å². The van der Waals surface area contributed by atoms with Gasteiger partial charge in [-0.3, -0.25) is 4.79 Å². The van der Waals surface area contributed by atoms with Crippen molar-refractivity contribution in [1.82, 2.24) is 0 Å². The molecular formula is C34H32FNO3. The number of carbonyl (C=O) groups excluding carboxylic acids is 1. The van der Waals surface area contributed by atoms with E-state index in [1.165, 1.54) is 0 Å². The van der Waals surface area contributed by atoms with Crippen LogP contribution in [0.4, 0.5) is 10.1 Å². The van der Waals surface area contributed by atoms with Gasteiger partial charge in [0.2, 0.25) is 5.91 Å². The minimum absolute atomic E-state index is 0.0449. The molecule has 39 heavy (non-hydrogen) atoms. The first kappa shape index (κ1) is 26.2. The predicted octanol–water partition coefficient (Wildman–Crippen LogP) is 7.71. The van der Waals surface area contributed by atoms with E-state index in [1.807, 2.05) is 111 Å². The fraction of sp³-hybridized carbons (Fsp3) is 0.206.